The van der Waals surface area contributed by atoms with Gasteiger partial charge in [0.25, 0.3) is 0 Å². The fraction of sp³-hybridized carbons (Fsp3) is 0.211. The van der Waals surface area contributed by atoms with Crippen molar-refractivity contribution < 1.29 is 19.5 Å². The number of hydrogen-bond acceptors (Lipinski definition) is 5. The van der Waals surface area contributed by atoms with Crippen molar-refractivity contribution in [2.24, 2.45) is 0 Å². The molecule has 26 heavy (non-hydrogen) atoms. The fourth-order valence-corrected chi connectivity index (χ4v) is 3.83. The van der Waals surface area contributed by atoms with E-state index in [1.54, 1.807) is 11.8 Å². The number of para-hydroxylation sites is 2. The molecule has 2 amide bonds. The Bertz CT molecular complexity index is 793. The lowest BCUT2D eigenvalue weighted by atomic mass is 10.2. The number of hydrogen-bond donors (Lipinski definition) is 2. The molecular formula is C19H18N2O4S. The number of carboxylic acids is 1. The normalized spacial score (nSPS) is 14.7. The van der Waals surface area contributed by atoms with Crippen LogP contribution in [0.4, 0.5) is 11.4 Å². The summed E-state index contributed by atoms with van der Waals surface area (Å²) < 4.78 is 0. The van der Waals surface area contributed by atoms with Crippen molar-refractivity contribution in [1.29, 1.82) is 0 Å². The summed E-state index contributed by atoms with van der Waals surface area (Å²) in [7, 11) is 0. The zero-order valence-corrected chi connectivity index (χ0v) is 14.8. The maximum Gasteiger partial charge on any atom is 0.305 e. The number of amides is 2. The van der Waals surface area contributed by atoms with Crippen LogP contribution in [0.1, 0.15) is 19.3 Å². The number of aliphatic carboxylic acids is 1. The van der Waals surface area contributed by atoms with Crippen LogP contribution in [-0.2, 0) is 14.4 Å². The molecule has 0 radical (unpaired) electrons. The van der Waals surface area contributed by atoms with Gasteiger partial charge in [-0.15, -0.1) is 0 Å². The van der Waals surface area contributed by atoms with Gasteiger partial charge in [-0.25, -0.2) is 0 Å². The zero-order valence-electron chi connectivity index (χ0n) is 14.0. The Morgan fingerprint density at radius 1 is 0.962 bits per heavy atom. The van der Waals surface area contributed by atoms with E-state index in [4.69, 9.17) is 5.11 Å². The average Bonchev–Trinajstić information content (AvgIpc) is 3.02. The first-order valence-corrected chi connectivity index (χ1v) is 9.04. The van der Waals surface area contributed by atoms with Crippen molar-refractivity contribution in [2.45, 2.75) is 29.1 Å². The third-order valence-corrected chi connectivity index (χ3v) is 5.07. The SMILES string of the molecule is O=C(O)CCN1c2ccccc2Sc2ccccc21.O=C1CCC(=O)N1. The number of imide groups is 1. The van der Waals surface area contributed by atoms with Gasteiger partial charge in [0.2, 0.25) is 11.8 Å². The van der Waals surface area contributed by atoms with E-state index in [1.165, 1.54) is 9.79 Å². The van der Waals surface area contributed by atoms with E-state index in [0.29, 0.717) is 19.4 Å². The summed E-state index contributed by atoms with van der Waals surface area (Å²) in [6.07, 6.45) is 0.880. The van der Waals surface area contributed by atoms with E-state index in [2.05, 4.69) is 22.3 Å². The van der Waals surface area contributed by atoms with Crippen LogP contribution in [0.2, 0.25) is 0 Å². The predicted octanol–water partition coefficient (Wildman–Crippen LogP) is 3.19. The molecule has 2 heterocycles. The van der Waals surface area contributed by atoms with E-state index >= 15 is 0 Å². The highest BCUT2D eigenvalue weighted by atomic mass is 32.2. The molecule has 2 N–H and O–H groups in total. The van der Waals surface area contributed by atoms with Crippen molar-refractivity contribution >= 4 is 40.9 Å². The average molecular weight is 370 g/mol. The largest absolute Gasteiger partial charge is 0.481 e. The Labute approximate surface area is 155 Å². The highest BCUT2D eigenvalue weighted by Crippen LogP contribution is 2.47. The van der Waals surface area contributed by atoms with Crippen molar-refractivity contribution in [2.75, 3.05) is 11.4 Å². The molecular weight excluding hydrogens is 352 g/mol. The standard InChI is InChI=1S/C15H13NO2S.C4H5NO2/c17-15(18)9-10-16-11-5-1-3-7-13(11)19-14-8-4-2-6-12(14)16;6-3-1-2-4(7)5-3/h1-8H,9-10H2,(H,17,18);1-2H2,(H,5,6,7). The van der Waals surface area contributed by atoms with Gasteiger partial charge >= 0.3 is 5.97 Å². The van der Waals surface area contributed by atoms with Gasteiger partial charge in [-0.3, -0.25) is 19.7 Å². The quantitative estimate of drug-likeness (QED) is 0.807. The topological polar surface area (TPSA) is 86.7 Å². The molecule has 0 atom stereocenters. The molecule has 2 aliphatic rings. The molecule has 0 aromatic heterocycles. The second-order valence-electron chi connectivity index (χ2n) is 5.80. The Kier molecular flexibility index (Phi) is 5.58. The molecule has 0 saturated carbocycles. The minimum atomic E-state index is -0.770. The first-order valence-electron chi connectivity index (χ1n) is 8.22. The number of benzene rings is 2. The van der Waals surface area contributed by atoms with Gasteiger partial charge in [0.05, 0.1) is 17.8 Å². The van der Waals surface area contributed by atoms with Crippen LogP contribution in [0.5, 0.6) is 0 Å². The van der Waals surface area contributed by atoms with Crippen molar-refractivity contribution in [3.05, 3.63) is 48.5 Å². The molecule has 1 fully saturated rings. The molecule has 134 valence electrons. The second-order valence-corrected chi connectivity index (χ2v) is 6.89. The summed E-state index contributed by atoms with van der Waals surface area (Å²) in [4.78, 5) is 35.5. The predicted molar refractivity (Wildman–Crippen MR) is 98.6 cm³/mol. The molecule has 4 rings (SSSR count). The monoisotopic (exact) mass is 370 g/mol. The molecule has 2 aliphatic heterocycles. The summed E-state index contributed by atoms with van der Waals surface area (Å²) in [6, 6.07) is 16.2. The van der Waals surface area contributed by atoms with Crippen molar-refractivity contribution in [3.63, 3.8) is 0 Å². The first-order chi connectivity index (χ1) is 12.5. The number of anilines is 2. The maximum absolute atomic E-state index is 10.8. The Morgan fingerprint density at radius 3 is 1.88 bits per heavy atom. The van der Waals surface area contributed by atoms with E-state index in [1.807, 2.05) is 36.4 Å². The van der Waals surface area contributed by atoms with Crippen LogP contribution in [0.3, 0.4) is 0 Å². The molecule has 0 unspecified atom stereocenters. The van der Waals surface area contributed by atoms with E-state index in [0.717, 1.165) is 11.4 Å². The summed E-state index contributed by atoms with van der Waals surface area (Å²) in [5, 5.41) is 11.0. The summed E-state index contributed by atoms with van der Waals surface area (Å²) >= 11 is 1.73. The smallest absolute Gasteiger partial charge is 0.305 e. The highest BCUT2D eigenvalue weighted by Gasteiger charge is 2.22. The minimum Gasteiger partial charge on any atom is -0.481 e. The number of fused-ring (bicyclic) bond motifs is 2. The number of carbonyl (C=O) groups is 3. The Hall–Kier alpha value is -2.80. The van der Waals surface area contributed by atoms with Crippen LogP contribution >= 0.6 is 11.8 Å². The van der Waals surface area contributed by atoms with Gasteiger partial charge in [-0.2, -0.15) is 0 Å². The highest BCUT2D eigenvalue weighted by molar-refractivity contribution is 7.99. The lowest BCUT2D eigenvalue weighted by Crippen LogP contribution is -2.23. The summed E-state index contributed by atoms with van der Waals surface area (Å²) in [5.74, 6) is -1.07. The van der Waals surface area contributed by atoms with E-state index < -0.39 is 5.97 Å². The molecule has 0 aliphatic carbocycles. The molecule has 7 heteroatoms. The zero-order chi connectivity index (χ0) is 18.5. The minimum absolute atomic E-state index is 0.132. The molecule has 0 bridgehead atoms. The van der Waals surface area contributed by atoms with Gasteiger partial charge in [-0.05, 0) is 24.3 Å². The van der Waals surface area contributed by atoms with Crippen LogP contribution in [0.25, 0.3) is 0 Å². The van der Waals surface area contributed by atoms with Gasteiger partial charge < -0.3 is 10.0 Å². The van der Waals surface area contributed by atoms with E-state index in [-0.39, 0.29) is 18.2 Å². The van der Waals surface area contributed by atoms with Crippen LogP contribution in [0, 0.1) is 0 Å². The van der Waals surface area contributed by atoms with Gasteiger partial charge in [0.1, 0.15) is 0 Å². The second kappa shape index (κ2) is 8.05. The maximum atomic E-state index is 10.8. The van der Waals surface area contributed by atoms with Crippen LogP contribution in [-0.4, -0.2) is 29.4 Å². The Balaban J connectivity index is 0.000000236. The van der Waals surface area contributed by atoms with Crippen molar-refractivity contribution in [3.8, 4) is 0 Å². The summed E-state index contributed by atoms with van der Waals surface area (Å²) in [6.45, 7) is 0.490. The number of rotatable bonds is 3. The molecule has 6 nitrogen and oxygen atoms in total. The van der Waals surface area contributed by atoms with Gasteiger partial charge in [-0.1, -0.05) is 36.0 Å². The van der Waals surface area contributed by atoms with Gasteiger partial charge in [0, 0.05) is 29.2 Å². The van der Waals surface area contributed by atoms with Crippen LogP contribution < -0.4 is 10.2 Å². The number of carboxylic acid groups (broad SMARTS) is 1. The lowest BCUT2D eigenvalue weighted by Gasteiger charge is -2.32. The molecule has 0 spiro atoms. The number of nitrogens with zero attached hydrogens (tertiary/aromatic N) is 1. The van der Waals surface area contributed by atoms with E-state index in [9.17, 15) is 14.4 Å². The number of carbonyl (C=O) groups excluding carboxylic acids is 2. The van der Waals surface area contributed by atoms with Crippen LogP contribution in [0.15, 0.2) is 58.3 Å². The van der Waals surface area contributed by atoms with Gasteiger partial charge in [0.15, 0.2) is 0 Å². The molecule has 2 aromatic rings. The lowest BCUT2D eigenvalue weighted by molar-refractivity contribution is -0.136. The molecule has 2 aromatic carbocycles. The number of nitrogens with one attached hydrogen (secondary N) is 1. The fourth-order valence-electron chi connectivity index (χ4n) is 2.74. The first kappa shape index (κ1) is 18.0. The summed E-state index contributed by atoms with van der Waals surface area (Å²) in [5.41, 5.74) is 2.18. The third-order valence-electron chi connectivity index (χ3n) is 3.94. The molecule has 1 saturated heterocycles. The van der Waals surface area contributed by atoms with Crippen molar-refractivity contribution in [1.82, 2.24) is 5.32 Å². The Morgan fingerprint density at radius 2 is 1.46 bits per heavy atom. The third kappa shape index (κ3) is 4.23.